The molecule has 0 bridgehead atoms. The summed E-state index contributed by atoms with van der Waals surface area (Å²) < 4.78 is 5.57. The number of ether oxygens (including phenoxy) is 1. The van der Waals surface area contributed by atoms with Gasteiger partial charge in [-0.15, -0.1) is 11.6 Å². The highest BCUT2D eigenvalue weighted by atomic mass is 35.5. The van der Waals surface area contributed by atoms with Crippen molar-refractivity contribution in [3.05, 3.63) is 29.8 Å². The quantitative estimate of drug-likeness (QED) is 0.750. The van der Waals surface area contributed by atoms with Crippen LogP contribution in [0.2, 0.25) is 0 Å². The molecule has 0 N–H and O–H groups in total. The summed E-state index contributed by atoms with van der Waals surface area (Å²) in [5.74, 6) is 1.25. The summed E-state index contributed by atoms with van der Waals surface area (Å²) >= 11 is 5.85. The molecule has 3 nitrogen and oxygen atoms in total. The van der Waals surface area contributed by atoms with Crippen LogP contribution in [-0.4, -0.2) is 35.9 Å². The molecule has 4 heteroatoms. The molecule has 1 rings (SSSR count). The number of benzene rings is 1. The second kappa shape index (κ2) is 6.80. The predicted molar refractivity (Wildman–Crippen MR) is 78.9 cm³/mol. The number of aryl methyl sites for hydroxylation is 1. The van der Waals surface area contributed by atoms with Crippen LogP contribution < -0.4 is 4.74 Å². The Hall–Kier alpha value is -1.22. The highest BCUT2D eigenvalue weighted by Crippen LogP contribution is 2.16. The molecule has 0 heterocycles. The topological polar surface area (TPSA) is 29.5 Å². The van der Waals surface area contributed by atoms with Gasteiger partial charge in [0.1, 0.15) is 5.75 Å². The largest absolute Gasteiger partial charge is 0.493 e. The average molecular weight is 284 g/mol. The summed E-state index contributed by atoms with van der Waals surface area (Å²) in [6.45, 7) is 6.28. The molecular formula is C15H22ClNO2. The minimum Gasteiger partial charge on any atom is -0.493 e. The lowest BCUT2D eigenvalue weighted by Crippen LogP contribution is -2.46. The third-order valence-electron chi connectivity index (χ3n) is 3.18. The minimum atomic E-state index is -0.331. The summed E-state index contributed by atoms with van der Waals surface area (Å²) in [5.41, 5.74) is 0.811. The van der Waals surface area contributed by atoms with E-state index in [1.165, 1.54) is 0 Å². The summed E-state index contributed by atoms with van der Waals surface area (Å²) in [4.78, 5) is 13.7. The van der Waals surface area contributed by atoms with E-state index in [4.69, 9.17) is 16.3 Å². The lowest BCUT2D eigenvalue weighted by atomic mass is 10.1. The lowest BCUT2D eigenvalue weighted by molar-refractivity contribution is -0.134. The molecule has 0 spiro atoms. The summed E-state index contributed by atoms with van der Waals surface area (Å²) in [6.07, 6.45) is 0.352. The zero-order valence-corrected chi connectivity index (χ0v) is 12.8. The highest BCUT2D eigenvalue weighted by Gasteiger charge is 2.26. The Morgan fingerprint density at radius 1 is 1.42 bits per heavy atom. The number of rotatable bonds is 6. The van der Waals surface area contributed by atoms with Gasteiger partial charge in [0.2, 0.25) is 5.91 Å². The SMILES string of the molecule is Cc1cccc(OCCC(=O)N(C)C(C)(C)CCl)c1. The molecule has 19 heavy (non-hydrogen) atoms. The van der Waals surface area contributed by atoms with E-state index in [0.29, 0.717) is 18.9 Å². The van der Waals surface area contributed by atoms with Gasteiger partial charge in [-0.1, -0.05) is 12.1 Å². The van der Waals surface area contributed by atoms with Crippen LogP contribution in [0.15, 0.2) is 24.3 Å². The first-order chi connectivity index (χ1) is 8.86. The maximum Gasteiger partial charge on any atom is 0.226 e. The van der Waals surface area contributed by atoms with Crippen molar-refractivity contribution in [2.45, 2.75) is 32.7 Å². The molecule has 0 saturated carbocycles. The number of carbonyl (C=O) groups is 1. The van der Waals surface area contributed by atoms with Gasteiger partial charge in [-0.3, -0.25) is 4.79 Å². The molecule has 0 atom stereocenters. The second-order valence-electron chi connectivity index (χ2n) is 5.31. The van der Waals surface area contributed by atoms with Gasteiger partial charge in [0, 0.05) is 12.9 Å². The van der Waals surface area contributed by atoms with Crippen molar-refractivity contribution in [1.82, 2.24) is 4.90 Å². The van der Waals surface area contributed by atoms with Crippen LogP contribution in [0.4, 0.5) is 0 Å². The minimum absolute atomic E-state index is 0.0401. The second-order valence-corrected chi connectivity index (χ2v) is 5.58. The summed E-state index contributed by atoms with van der Waals surface area (Å²) in [7, 11) is 1.78. The number of nitrogens with zero attached hydrogens (tertiary/aromatic N) is 1. The predicted octanol–water partition coefficient (Wildman–Crippen LogP) is 3.24. The fraction of sp³-hybridized carbons (Fsp3) is 0.533. The van der Waals surface area contributed by atoms with Gasteiger partial charge in [0.05, 0.1) is 18.6 Å². The van der Waals surface area contributed by atoms with Gasteiger partial charge >= 0.3 is 0 Å². The maximum atomic E-state index is 12.0. The van der Waals surface area contributed by atoms with E-state index in [2.05, 4.69) is 0 Å². The first kappa shape index (κ1) is 15.8. The van der Waals surface area contributed by atoms with Gasteiger partial charge in [-0.05, 0) is 38.5 Å². The molecule has 0 aliphatic carbocycles. The molecule has 106 valence electrons. The van der Waals surface area contributed by atoms with E-state index in [1.807, 2.05) is 45.0 Å². The molecule has 0 radical (unpaired) electrons. The Morgan fingerprint density at radius 3 is 2.68 bits per heavy atom. The van der Waals surface area contributed by atoms with Crippen LogP contribution in [0.25, 0.3) is 0 Å². The van der Waals surface area contributed by atoms with E-state index >= 15 is 0 Å². The molecule has 0 aliphatic rings. The first-order valence-electron chi connectivity index (χ1n) is 6.39. The monoisotopic (exact) mass is 283 g/mol. The molecule has 1 amide bonds. The van der Waals surface area contributed by atoms with E-state index in [9.17, 15) is 4.79 Å². The van der Waals surface area contributed by atoms with Gasteiger partial charge in [-0.2, -0.15) is 0 Å². The van der Waals surface area contributed by atoms with E-state index in [0.717, 1.165) is 11.3 Å². The van der Waals surface area contributed by atoms with Crippen LogP contribution in [0.3, 0.4) is 0 Å². The maximum absolute atomic E-state index is 12.0. The van der Waals surface area contributed by atoms with Gasteiger partial charge in [0.15, 0.2) is 0 Å². The number of hydrogen-bond acceptors (Lipinski definition) is 2. The van der Waals surface area contributed by atoms with Crippen LogP contribution >= 0.6 is 11.6 Å². The molecule has 0 fully saturated rings. The summed E-state index contributed by atoms with van der Waals surface area (Å²) in [6, 6.07) is 7.80. The Balaban J connectivity index is 2.43. The number of hydrogen-bond donors (Lipinski definition) is 0. The van der Waals surface area contributed by atoms with E-state index in [1.54, 1.807) is 11.9 Å². The summed E-state index contributed by atoms with van der Waals surface area (Å²) in [5, 5.41) is 0. The molecule has 0 saturated heterocycles. The van der Waals surface area contributed by atoms with Crippen molar-refractivity contribution >= 4 is 17.5 Å². The smallest absolute Gasteiger partial charge is 0.226 e. The van der Waals surface area contributed by atoms with Crippen molar-refractivity contribution in [2.75, 3.05) is 19.5 Å². The molecule has 0 aromatic heterocycles. The average Bonchev–Trinajstić information content (AvgIpc) is 2.37. The van der Waals surface area contributed by atoms with Crippen LogP contribution in [0.5, 0.6) is 5.75 Å². The Morgan fingerprint density at radius 2 is 2.11 bits per heavy atom. The number of alkyl halides is 1. The van der Waals surface area contributed by atoms with Crippen LogP contribution in [0, 0.1) is 6.92 Å². The number of amides is 1. The normalized spacial score (nSPS) is 11.2. The third kappa shape index (κ3) is 4.75. The van der Waals surface area contributed by atoms with Crippen molar-refractivity contribution in [2.24, 2.45) is 0 Å². The van der Waals surface area contributed by atoms with Crippen LogP contribution in [0.1, 0.15) is 25.8 Å². The third-order valence-corrected chi connectivity index (χ3v) is 3.84. The van der Waals surface area contributed by atoms with Gasteiger partial charge in [-0.25, -0.2) is 0 Å². The Kier molecular flexibility index (Phi) is 5.67. The molecular weight excluding hydrogens is 262 g/mol. The fourth-order valence-corrected chi connectivity index (χ4v) is 1.74. The number of halogens is 1. The van der Waals surface area contributed by atoms with E-state index in [-0.39, 0.29) is 11.4 Å². The van der Waals surface area contributed by atoms with Crippen molar-refractivity contribution in [3.63, 3.8) is 0 Å². The van der Waals surface area contributed by atoms with Crippen molar-refractivity contribution in [1.29, 1.82) is 0 Å². The zero-order valence-electron chi connectivity index (χ0n) is 12.1. The Bertz CT molecular complexity index is 432. The first-order valence-corrected chi connectivity index (χ1v) is 6.92. The number of carbonyl (C=O) groups excluding carboxylic acids is 1. The van der Waals surface area contributed by atoms with Crippen molar-refractivity contribution < 1.29 is 9.53 Å². The molecule has 1 aromatic carbocycles. The fourth-order valence-electron chi connectivity index (χ4n) is 1.56. The van der Waals surface area contributed by atoms with Gasteiger partial charge in [0.25, 0.3) is 0 Å². The van der Waals surface area contributed by atoms with Gasteiger partial charge < -0.3 is 9.64 Å². The standard InChI is InChI=1S/C15H22ClNO2/c1-12-6-5-7-13(10-12)19-9-8-14(18)17(4)15(2,3)11-16/h5-7,10H,8-9,11H2,1-4H3. The molecule has 0 unspecified atom stereocenters. The van der Waals surface area contributed by atoms with E-state index < -0.39 is 0 Å². The zero-order chi connectivity index (χ0) is 14.5. The van der Waals surface area contributed by atoms with Crippen molar-refractivity contribution in [3.8, 4) is 5.75 Å². The Labute approximate surface area is 120 Å². The van der Waals surface area contributed by atoms with Crippen LogP contribution in [-0.2, 0) is 4.79 Å². The molecule has 0 aliphatic heterocycles. The highest BCUT2D eigenvalue weighted by molar-refractivity contribution is 6.18. The lowest BCUT2D eigenvalue weighted by Gasteiger charge is -2.33. The molecule has 1 aromatic rings.